The molecule has 7 heteroatoms. The molecule has 26 heavy (non-hydrogen) atoms. The molecule has 2 aliphatic heterocycles. The highest BCUT2D eigenvalue weighted by Crippen LogP contribution is 2.31. The van der Waals surface area contributed by atoms with Crippen LogP contribution in [0.4, 0.5) is 0 Å². The van der Waals surface area contributed by atoms with Crippen molar-refractivity contribution in [3.05, 3.63) is 33.8 Å². The van der Waals surface area contributed by atoms with Crippen LogP contribution in [0.1, 0.15) is 43.7 Å². The lowest BCUT2D eigenvalue weighted by Gasteiger charge is -2.38. The third-order valence-corrected chi connectivity index (χ3v) is 5.79. The van der Waals surface area contributed by atoms with Gasteiger partial charge in [0.05, 0.1) is 0 Å². The molecule has 1 aromatic carbocycles. The van der Waals surface area contributed by atoms with Gasteiger partial charge in [0.15, 0.2) is 0 Å². The Morgan fingerprint density at radius 2 is 1.77 bits per heavy atom. The van der Waals surface area contributed by atoms with Gasteiger partial charge in [-0.05, 0) is 68.5 Å². The fourth-order valence-corrected chi connectivity index (χ4v) is 4.55. The third kappa shape index (κ3) is 4.70. The van der Waals surface area contributed by atoms with E-state index in [-0.39, 0.29) is 5.91 Å². The van der Waals surface area contributed by atoms with E-state index in [1.165, 1.54) is 0 Å². The summed E-state index contributed by atoms with van der Waals surface area (Å²) in [6.07, 6.45) is 4.52. The van der Waals surface area contributed by atoms with Gasteiger partial charge in [-0.3, -0.25) is 14.5 Å². The Labute approximate surface area is 163 Å². The first-order valence-corrected chi connectivity index (χ1v) is 9.90. The number of rotatable bonds is 5. The van der Waals surface area contributed by atoms with Gasteiger partial charge in [-0.2, -0.15) is 0 Å². The maximum atomic E-state index is 12.0. The number of aliphatic carboxylic acids is 1. The molecule has 1 unspecified atom stereocenters. The quantitative estimate of drug-likeness (QED) is 0.817. The zero-order valence-electron chi connectivity index (χ0n) is 14.7. The third-order valence-electron chi connectivity index (χ3n) is 5.35. The zero-order valence-corrected chi connectivity index (χ0v) is 16.2. The van der Waals surface area contributed by atoms with Crippen molar-refractivity contribution in [2.24, 2.45) is 5.92 Å². The Bertz CT molecular complexity index is 654. The first-order valence-electron chi connectivity index (χ1n) is 9.14. The molecule has 2 fully saturated rings. The fraction of sp³-hybridized carbons (Fsp3) is 0.579. The van der Waals surface area contributed by atoms with Crippen LogP contribution in [0.3, 0.4) is 0 Å². The van der Waals surface area contributed by atoms with E-state index in [2.05, 4.69) is 0 Å². The van der Waals surface area contributed by atoms with E-state index in [9.17, 15) is 14.7 Å². The number of halogens is 2. The van der Waals surface area contributed by atoms with Gasteiger partial charge in [0.1, 0.15) is 6.04 Å². The first-order chi connectivity index (χ1) is 12.4. The number of carbonyl (C=O) groups excluding carboxylic acids is 1. The van der Waals surface area contributed by atoms with Crippen molar-refractivity contribution in [2.45, 2.75) is 38.1 Å². The zero-order chi connectivity index (χ0) is 18.7. The highest BCUT2D eigenvalue weighted by Gasteiger charge is 2.32. The number of piperidine rings is 2. The Balaban J connectivity index is 1.63. The van der Waals surface area contributed by atoms with Gasteiger partial charge in [0, 0.05) is 29.6 Å². The van der Waals surface area contributed by atoms with E-state index in [4.69, 9.17) is 23.2 Å². The van der Waals surface area contributed by atoms with Crippen molar-refractivity contribution in [2.75, 3.05) is 26.2 Å². The number of nitrogens with zero attached hydrogens (tertiary/aromatic N) is 2. The second-order valence-electron chi connectivity index (χ2n) is 7.22. The van der Waals surface area contributed by atoms with Crippen LogP contribution in [-0.2, 0) is 9.59 Å². The molecule has 0 spiro atoms. The molecule has 1 N–H and O–H groups in total. The summed E-state index contributed by atoms with van der Waals surface area (Å²) >= 11 is 12.1. The van der Waals surface area contributed by atoms with Crippen molar-refractivity contribution in [1.82, 2.24) is 9.80 Å². The van der Waals surface area contributed by atoms with Gasteiger partial charge in [0.25, 0.3) is 0 Å². The molecule has 0 aliphatic carbocycles. The molecule has 0 bridgehead atoms. The van der Waals surface area contributed by atoms with E-state index in [1.54, 1.807) is 18.2 Å². The van der Waals surface area contributed by atoms with E-state index in [0.717, 1.165) is 38.8 Å². The van der Waals surface area contributed by atoms with Crippen LogP contribution in [-0.4, -0.2) is 53.0 Å². The Morgan fingerprint density at radius 3 is 2.35 bits per heavy atom. The topological polar surface area (TPSA) is 60.9 Å². The van der Waals surface area contributed by atoms with E-state index >= 15 is 0 Å². The van der Waals surface area contributed by atoms with Crippen LogP contribution in [0.5, 0.6) is 0 Å². The van der Waals surface area contributed by atoms with Crippen LogP contribution in [0, 0.1) is 5.92 Å². The van der Waals surface area contributed by atoms with Crippen LogP contribution in [0.2, 0.25) is 10.0 Å². The van der Waals surface area contributed by atoms with E-state index < -0.39 is 12.0 Å². The standard InChI is InChI=1S/C19H24Cl2N2O3/c20-15-9-14(10-16(21)11-15)18(19(25)26)22-7-4-13(5-8-22)12-23-6-2-1-3-17(23)24/h9-11,13,18H,1-8,12H2,(H,25,26). The SMILES string of the molecule is O=C(O)C(c1cc(Cl)cc(Cl)c1)N1CCC(CN2CCCCC2=O)CC1. The molecule has 2 aliphatic rings. The molecular formula is C19H24Cl2N2O3. The predicted molar refractivity (Wildman–Crippen MR) is 102 cm³/mol. The number of amides is 1. The lowest BCUT2D eigenvalue weighted by molar-refractivity contribution is -0.144. The molecule has 1 amide bonds. The number of carbonyl (C=O) groups is 2. The number of hydrogen-bond acceptors (Lipinski definition) is 3. The monoisotopic (exact) mass is 398 g/mol. The molecule has 1 aromatic rings. The molecule has 2 saturated heterocycles. The largest absolute Gasteiger partial charge is 0.480 e. The van der Waals surface area contributed by atoms with Crippen LogP contribution < -0.4 is 0 Å². The Hall–Kier alpha value is -1.30. The molecule has 2 heterocycles. The smallest absolute Gasteiger partial charge is 0.325 e. The van der Waals surface area contributed by atoms with Crippen LogP contribution in [0.25, 0.3) is 0 Å². The summed E-state index contributed by atoms with van der Waals surface area (Å²) < 4.78 is 0. The summed E-state index contributed by atoms with van der Waals surface area (Å²) in [5.41, 5.74) is 0.611. The summed E-state index contributed by atoms with van der Waals surface area (Å²) in [5, 5.41) is 10.6. The molecule has 3 rings (SSSR count). The summed E-state index contributed by atoms with van der Waals surface area (Å²) in [6, 6.07) is 4.20. The summed E-state index contributed by atoms with van der Waals surface area (Å²) in [7, 11) is 0. The second kappa shape index (κ2) is 8.59. The number of likely N-dealkylation sites (tertiary alicyclic amines) is 2. The second-order valence-corrected chi connectivity index (χ2v) is 8.09. The number of benzene rings is 1. The minimum Gasteiger partial charge on any atom is -0.480 e. The summed E-state index contributed by atoms with van der Waals surface area (Å²) in [6.45, 7) is 3.03. The van der Waals surface area contributed by atoms with Gasteiger partial charge < -0.3 is 10.0 Å². The highest BCUT2D eigenvalue weighted by atomic mass is 35.5. The van der Waals surface area contributed by atoms with Crippen molar-refractivity contribution in [3.63, 3.8) is 0 Å². The van der Waals surface area contributed by atoms with E-state index in [1.807, 2.05) is 9.80 Å². The molecule has 5 nitrogen and oxygen atoms in total. The van der Waals surface area contributed by atoms with Gasteiger partial charge in [-0.1, -0.05) is 23.2 Å². The van der Waals surface area contributed by atoms with Crippen LogP contribution >= 0.6 is 23.2 Å². The van der Waals surface area contributed by atoms with Crippen molar-refractivity contribution < 1.29 is 14.7 Å². The molecule has 0 saturated carbocycles. The van der Waals surface area contributed by atoms with Crippen molar-refractivity contribution in [1.29, 1.82) is 0 Å². The average molecular weight is 399 g/mol. The van der Waals surface area contributed by atoms with Crippen molar-refractivity contribution >= 4 is 35.1 Å². The van der Waals surface area contributed by atoms with Crippen LogP contribution in [0.15, 0.2) is 18.2 Å². The average Bonchev–Trinajstić information content (AvgIpc) is 2.57. The minimum absolute atomic E-state index is 0.260. The van der Waals surface area contributed by atoms with Gasteiger partial charge >= 0.3 is 5.97 Å². The number of carboxylic acid groups (broad SMARTS) is 1. The minimum atomic E-state index is -0.895. The van der Waals surface area contributed by atoms with Gasteiger partial charge in [-0.25, -0.2) is 0 Å². The molecule has 142 valence electrons. The summed E-state index contributed by atoms with van der Waals surface area (Å²) in [5.74, 6) is -0.200. The molecule has 0 aromatic heterocycles. The Morgan fingerprint density at radius 1 is 1.12 bits per heavy atom. The number of hydrogen-bond donors (Lipinski definition) is 1. The summed E-state index contributed by atoms with van der Waals surface area (Å²) in [4.78, 5) is 27.8. The van der Waals surface area contributed by atoms with Crippen molar-refractivity contribution in [3.8, 4) is 0 Å². The maximum absolute atomic E-state index is 12.0. The lowest BCUT2D eigenvalue weighted by atomic mass is 9.93. The first kappa shape index (κ1) is 19.5. The number of carboxylic acids is 1. The predicted octanol–water partition coefficient (Wildman–Crippen LogP) is 3.84. The molecule has 1 atom stereocenters. The fourth-order valence-electron chi connectivity index (χ4n) is 4.00. The normalized spacial score (nSPS) is 21.0. The lowest BCUT2D eigenvalue weighted by Crippen LogP contribution is -2.44. The van der Waals surface area contributed by atoms with Gasteiger partial charge in [0.2, 0.25) is 5.91 Å². The molecule has 0 radical (unpaired) electrons. The highest BCUT2D eigenvalue weighted by molar-refractivity contribution is 6.34. The maximum Gasteiger partial charge on any atom is 0.325 e. The molecular weight excluding hydrogens is 375 g/mol. The Kier molecular flexibility index (Phi) is 6.43. The van der Waals surface area contributed by atoms with E-state index in [0.29, 0.717) is 41.0 Å². The van der Waals surface area contributed by atoms with Gasteiger partial charge in [-0.15, -0.1) is 0 Å².